The van der Waals surface area contributed by atoms with E-state index in [1.165, 1.54) is 6.92 Å². The van der Waals surface area contributed by atoms with E-state index in [0.717, 1.165) is 0 Å². The van der Waals surface area contributed by atoms with Crippen molar-refractivity contribution in [1.82, 2.24) is 0 Å². The van der Waals surface area contributed by atoms with Crippen molar-refractivity contribution in [1.29, 1.82) is 0 Å². The van der Waals surface area contributed by atoms with Crippen LogP contribution in [-0.4, -0.2) is 24.3 Å². The van der Waals surface area contributed by atoms with Crippen LogP contribution in [0.2, 0.25) is 0 Å². The topological polar surface area (TPSA) is 99.3 Å². The summed E-state index contributed by atoms with van der Waals surface area (Å²) in [6.45, 7) is 1.49. The number of anilines is 4. The van der Waals surface area contributed by atoms with E-state index >= 15 is 0 Å². The molecule has 3 rings (SSSR count). The fourth-order valence-electron chi connectivity index (χ4n) is 2.73. The van der Waals surface area contributed by atoms with Crippen molar-refractivity contribution in [3.63, 3.8) is 0 Å². The second-order valence-corrected chi connectivity index (χ2v) is 6.56. The maximum atomic E-state index is 12.3. The molecule has 4 N–H and O–H groups in total. The first-order chi connectivity index (χ1) is 14.5. The third-order valence-corrected chi connectivity index (χ3v) is 4.10. The third-order valence-electron chi connectivity index (χ3n) is 4.10. The average Bonchev–Trinajstić information content (AvgIpc) is 2.74. The smallest absolute Gasteiger partial charge is 0.255 e. The van der Waals surface area contributed by atoms with Crippen molar-refractivity contribution in [2.75, 3.05) is 27.8 Å². The first-order valence-corrected chi connectivity index (χ1v) is 9.37. The number of rotatable bonds is 7. The minimum Gasteiger partial charge on any atom is -0.376 e. The monoisotopic (exact) mass is 402 g/mol. The molecule has 3 amide bonds. The van der Waals surface area contributed by atoms with Gasteiger partial charge < -0.3 is 21.3 Å². The highest BCUT2D eigenvalue weighted by atomic mass is 16.2. The highest BCUT2D eigenvalue weighted by Gasteiger charge is 2.07. The molecule has 30 heavy (non-hydrogen) atoms. The van der Waals surface area contributed by atoms with Crippen molar-refractivity contribution in [3.8, 4) is 0 Å². The van der Waals surface area contributed by atoms with E-state index in [0.29, 0.717) is 28.3 Å². The molecule has 0 bridgehead atoms. The van der Waals surface area contributed by atoms with E-state index in [4.69, 9.17) is 0 Å². The van der Waals surface area contributed by atoms with Gasteiger partial charge in [-0.05, 0) is 54.6 Å². The Bertz CT molecular complexity index is 1030. The fraction of sp³-hybridized carbons (Fsp3) is 0.0870. The zero-order chi connectivity index (χ0) is 21.3. The van der Waals surface area contributed by atoms with Gasteiger partial charge in [-0.2, -0.15) is 0 Å². The van der Waals surface area contributed by atoms with Gasteiger partial charge in [-0.15, -0.1) is 0 Å². The van der Waals surface area contributed by atoms with Crippen LogP contribution >= 0.6 is 0 Å². The highest BCUT2D eigenvalue weighted by molar-refractivity contribution is 6.04. The Morgan fingerprint density at radius 2 is 1.30 bits per heavy atom. The molecular formula is C23H22N4O3. The van der Waals surface area contributed by atoms with E-state index < -0.39 is 0 Å². The predicted molar refractivity (Wildman–Crippen MR) is 119 cm³/mol. The largest absolute Gasteiger partial charge is 0.376 e. The standard InChI is InChI=1S/C23H22N4O3/c1-16(28)25-18-10-12-19(13-11-18)26-22(29)15-24-20-8-5-9-21(14-20)27-23(30)17-6-3-2-4-7-17/h2-14,24H,15H2,1H3,(H,25,28)(H,26,29)(H,27,30). The molecule has 0 aliphatic heterocycles. The van der Waals surface area contributed by atoms with E-state index in [1.807, 2.05) is 12.1 Å². The molecule has 3 aromatic carbocycles. The molecule has 0 unspecified atom stereocenters. The lowest BCUT2D eigenvalue weighted by Gasteiger charge is -2.10. The van der Waals surface area contributed by atoms with E-state index in [2.05, 4.69) is 21.3 Å². The quantitative estimate of drug-likeness (QED) is 0.481. The molecule has 0 heterocycles. The van der Waals surface area contributed by atoms with Gasteiger partial charge in [-0.1, -0.05) is 24.3 Å². The zero-order valence-electron chi connectivity index (χ0n) is 16.4. The van der Waals surface area contributed by atoms with Crippen molar-refractivity contribution >= 4 is 40.5 Å². The fourth-order valence-corrected chi connectivity index (χ4v) is 2.73. The number of amides is 3. The summed E-state index contributed by atoms with van der Waals surface area (Å²) in [6.07, 6.45) is 0. The van der Waals surface area contributed by atoms with Gasteiger partial charge in [-0.25, -0.2) is 0 Å². The second-order valence-electron chi connectivity index (χ2n) is 6.56. The van der Waals surface area contributed by atoms with Crippen molar-refractivity contribution < 1.29 is 14.4 Å². The summed E-state index contributed by atoms with van der Waals surface area (Å²) >= 11 is 0. The Kier molecular flexibility index (Phi) is 6.78. The van der Waals surface area contributed by atoms with Gasteiger partial charge in [-0.3, -0.25) is 14.4 Å². The summed E-state index contributed by atoms with van der Waals surface area (Å²) in [4.78, 5) is 35.5. The molecule has 0 fully saturated rings. The van der Waals surface area contributed by atoms with E-state index in [-0.39, 0.29) is 24.3 Å². The Morgan fingerprint density at radius 1 is 0.667 bits per heavy atom. The van der Waals surface area contributed by atoms with Crippen molar-refractivity contribution in [3.05, 3.63) is 84.4 Å². The summed E-state index contributed by atoms with van der Waals surface area (Å²) in [5.74, 6) is -0.577. The summed E-state index contributed by atoms with van der Waals surface area (Å²) in [7, 11) is 0. The molecule has 0 aromatic heterocycles. The van der Waals surface area contributed by atoms with Gasteiger partial charge in [0.05, 0.1) is 6.54 Å². The van der Waals surface area contributed by atoms with Crippen LogP contribution in [0.3, 0.4) is 0 Å². The van der Waals surface area contributed by atoms with Crippen LogP contribution in [0.5, 0.6) is 0 Å². The molecule has 0 aliphatic carbocycles. The molecule has 152 valence electrons. The van der Waals surface area contributed by atoms with E-state index in [1.54, 1.807) is 66.7 Å². The van der Waals surface area contributed by atoms with Gasteiger partial charge in [0.2, 0.25) is 11.8 Å². The molecule has 0 saturated carbocycles. The second kappa shape index (κ2) is 9.88. The summed E-state index contributed by atoms with van der Waals surface area (Å²) in [6, 6.07) is 22.9. The SMILES string of the molecule is CC(=O)Nc1ccc(NC(=O)CNc2cccc(NC(=O)c3ccccc3)c2)cc1. The Balaban J connectivity index is 1.52. The van der Waals surface area contributed by atoms with Gasteiger partial charge in [0.15, 0.2) is 0 Å². The molecule has 0 atom stereocenters. The van der Waals surface area contributed by atoms with Crippen LogP contribution in [0.4, 0.5) is 22.7 Å². The number of carbonyl (C=O) groups is 3. The molecule has 3 aromatic rings. The van der Waals surface area contributed by atoms with Gasteiger partial charge in [0, 0.05) is 35.2 Å². The van der Waals surface area contributed by atoms with Gasteiger partial charge in [0.1, 0.15) is 0 Å². The predicted octanol–water partition coefficient (Wildman–Crippen LogP) is 3.95. The first-order valence-electron chi connectivity index (χ1n) is 9.37. The Hall–Kier alpha value is -4.13. The minimum atomic E-state index is -0.221. The number of benzene rings is 3. The van der Waals surface area contributed by atoms with Crippen LogP contribution in [0.1, 0.15) is 17.3 Å². The minimum absolute atomic E-state index is 0.0591. The molecule has 7 heteroatoms. The lowest BCUT2D eigenvalue weighted by atomic mass is 10.2. The first kappa shape index (κ1) is 20.6. The van der Waals surface area contributed by atoms with Crippen LogP contribution in [0.15, 0.2) is 78.9 Å². The van der Waals surface area contributed by atoms with Crippen LogP contribution in [0.25, 0.3) is 0 Å². The maximum Gasteiger partial charge on any atom is 0.255 e. The third kappa shape index (κ3) is 6.20. The number of carbonyl (C=O) groups excluding carboxylic acids is 3. The van der Waals surface area contributed by atoms with Crippen LogP contribution < -0.4 is 21.3 Å². The lowest BCUT2D eigenvalue weighted by molar-refractivity contribution is -0.115. The molecule has 0 spiro atoms. The van der Waals surface area contributed by atoms with Gasteiger partial charge >= 0.3 is 0 Å². The zero-order valence-corrected chi connectivity index (χ0v) is 16.4. The van der Waals surface area contributed by atoms with E-state index in [9.17, 15) is 14.4 Å². The van der Waals surface area contributed by atoms with Crippen LogP contribution in [-0.2, 0) is 9.59 Å². The maximum absolute atomic E-state index is 12.3. The molecular weight excluding hydrogens is 380 g/mol. The summed E-state index contributed by atoms with van der Waals surface area (Å²) < 4.78 is 0. The normalized spacial score (nSPS) is 10.0. The van der Waals surface area contributed by atoms with Crippen LogP contribution in [0, 0.1) is 0 Å². The summed E-state index contributed by atoms with van der Waals surface area (Å²) in [5, 5.41) is 11.3. The van der Waals surface area contributed by atoms with Gasteiger partial charge in [0.25, 0.3) is 5.91 Å². The molecule has 0 aliphatic rings. The molecule has 0 saturated heterocycles. The number of nitrogens with one attached hydrogen (secondary N) is 4. The number of hydrogen-bond acceptors (Lipinski definition) is 4. The summed E-state index contributed by atoms with van der Waals surface area (Å²) in [5.41, 5.74) is 3.19. The highest BCUT2D eigenvalue weighted by Crippen LogP contribution is 2.17. The molecule has 0 radical (unpaired) electrons. The van der Waals surface area contributed by atoms with Crippen molar-refractivity contribution in [2.24, 2.45) is 0 Å². The Labute approximate surface area is 174 Å². The molecule has 7 nitrogen and oxygen atoms in total. The lowest BCUT2D eigenvalue weighted by Crippen LogP contribution is -2.21. The Morgan fingerprint density at radius 3 is 1.97 bits per heavy atom. The van der Waals surface area contributed by atoms with Crippen molar-refractivity contribution in [2.45, 2.75) is 6.92 Å². The average molecular weight is 402 g/mol. The number of hydrogen-bond donors (Lipinski definition) is 4.